The zero-order chi connectivity index (χ0) is 16.4. The van der Waals surface area contributed by atoms with Gasteiger partial charge in [-0.15, -0.1) is 0 Å². The van der Waals surface area contributed by atoms with Crippen LogP contribution in [0.15, 0.2) is 17.0 Å². The highest BCUT2D eigenvalue weighted by molar-refractivity contribution is 7.89. The maximum atomic E-state index is 13.7. The highest BCUT2D eigenvalue weighted by atomic mass is 32.2. The van der Waals surface area contributed by atoms with Gasteiger partial charge in [0.15, 0.2) is 0 Å². The fourth-order valence-electron chi connectivity index (χ4n) is 1.74. The Labute approximate surface area is 124 Å². The van der Waals surface area contributed by atoms with Crippen LogP contribution in [0.2, 0.25) is 0 Å². The summed E-state index contributed by atoms with van der Waals surface area (Å²) in [6.45, 7) is 2.77. The third kappa shape index (κ3) is 3.70. The van der Waals surface area contributed by atoms with Gasteiger partial charge >= 0.3 is 0 Å². The Morgan fingerprint density at radius 2 is 1.90 bits per heavy atom. The number of sulfonamides is 1. The van der Waals surface area contributed by atoms with Gasteiger partial charge in [-0.25, -0.2) is 12.8 Å². The number of nitrogens with two attached hydrogens (primary N) is 1. The van der Waals surface area contributed by atoms with Crippen LogP contribution in [0, 0.1) is 12.7 Å². The van der Waals surface area contributed by atoms with E-state index >= 15 is 0 Å². The number of hydrogen-bond acceptors (Lipinski definition) is 4. The van der Waals surface area contributed by atoms with E-state index in [1.165, 1.54) is 32.0 Å². The van der Waals surface area contributed by atoms with E-state index in [1.807, 2.05) is 0 Å². The second kappa shape index (κ2) is 6.40. The van der Waals surface area contributed by atoms with Gasteiger partial charge in [-0.3, -0.25) is 4.79 Å². The molecule has 0 aliphatic carbocycles. The molecule has 0 atom stereocenters. The first kappa shape index (κ1) is 17.4. The number of likely N-dealkylation sites (N-methyl/N-ethyl adjacent to an activating group) is 2. The van der Waals surface area contributed by atoms with Crippen LogP contribution >= 0.6 is 0 Å². The van der Waals surface area contributed by atoms with E-state index in [9.17, 15) is 17.6 Å². The summed E-state index contributed by atoms with van der Waals surface area (Å²) in [5, 5.41) is 0. The Balaban J connectivity index is 3.29. The molecular weight excluding hydrogens is 297 g/mol. The van der Waals surface area contributed by atoms with Gasteiger partial charge in [0.2, 0.25) is 15.9 Å². The van der Waals surface area contributed by atoms with Crippen molar-refractivity contribution < 1.29 is 17.6 Å². The molecule has 118 valence electrons. The van der Waals surface area contributed by atoms with E-state index in [0.29, 0.717) is 0 Å². The number of hydrogen-bond donors (Lipinski definition) is 1. The predicted octanol–water partition coefficient (Wildman–Crippen LogP) is 0.815. The molecule has 8 heteroatoms. The molecule has 1 aromatic carbocycles. The van der Waals surface area contributed by atoms with Gasteiger partial charge in [0, 0.05) is 31.9 Å². The number of carbonyl (C=O) groups is 1. The number of carbonyl (C=O) groups excluding carboxylic acids is 1. The molecule has 6 nitrogen and oxygen atoms in total. The van der Waals surface area contributed by atoms with E-state index in [4.69, 9.17) is 5.73 Å². The van der Waals surface area contributed by atoms with Crippen molar-refractivity contribution in [3.8, 4) is 0 Å². The normalized spacial score (nSPS) is 11.7. The Kier molecular flexibility index (Phi) is 5.30. The van der Waals surface area contributed by atoms with Crippen LogP contribution in [0.1, 0.15) is 12.5 Å². The molecule has 0 aliphatic heterocycles. The van der Waals surface area contributed by atoms with Gasteiger partial charge in [-0.05, 0) is 19.1 Å². The van der Waals surface area contributed by atoms with Gasteiger partial charge in [0.05, 0.1) is 11.4 Å². The molecule has 1 amide bonds. The second-order valence-electron chi connectivity index (χ2n) is 4.85. The topological polar surface area (TPSA) is 83.7 Å². The summed E-state index contributed by atoms with van der Waals surface area (Å²) in [6, 6.07) is 2.27. The summed E-state index contributed by atoms with van der Waals surface area (Å²) < 4.78 is 39.8. The fraction of sp³-hybridized carbons (Fsp3) is 0.462. The smallest absolute Gasteiger partial charge is 0.243 e. The molecule has 0 aromatic heterocycles. The molecule has 0 bridgehead atoms. The third-order valence-corrected chi connectivity index (χ3v) is 5.15. The highest BCUT2D eigenvalue weighted by Gasteiger charge is 2.28. The molecule has 1 rings (SSSR count). The molecule has 0 spiro atoms. The van der Waals surface area contributed by atoms with E-state index in [0.717, 1.165) is 10.4 Å². The van der Waals surface area contributed by atoms with Crippen molar-refractivity contribution >= 4 is 21.6 Å². The summed E-state index contributed by atoms with van der Waals surface area (Å²) in [4.78, 5) is 12.8. The van der Waals surface area contributed by atoms with Gasteiger partial charge in [-0.1, -0.05) is 6.92 Å². The first-order valence-corrected chi connectivity index (χ1v) is 7.81. The number of nitrogen functional groups attached to an aromatic ring is 1. The number of amides is 1. The van der Waals surface area contributed by atoms with Crippen molar-refractivity contribution in [2.45, 2.75) is 18.7 Å². The molecule has 0 saturated heterocycles. The SMILES string of the molecule is CCN(CC(=O)N(C)C)S(=O)(=O)c1cc(N)cc(F)c1C. The van der Waals surface area contributed by atoms with Gasteiger partial charge in [-0.2, -0.15) is 4.31 Å². The highest BCUT2D eigenvalue weighted by Crippen LogP contribution is 2.24. The number of benzene rings is 1. The van der Waals surface area contributed by atoms with Crippen LogP contribution in [-0.4, -0.2) is 50.7 Å². The van der Waals surface area contributed by atoms with Crippen molar-refractivity contribution in [3.05, 3.63) is 23.5 Å². The first-order valence-electron chi connectivity index (χ1n) is 6.37. The molecule has 0 saturated carbocycles. The largest absolute Gasteiger partial charge is 0.399 e. The molecule has 1 aromatic rings. The van der Waals surface area contributed by atoms with Crippen LogP contribution in [0.25, 0.3) is 0 Å². The maximum absolute atomic E-state index is 13.7. The van der Waals surface area contributed by atoms with Crippen molar-refractivity contribution in [3.63, 3.8) is 0 Å². The van der Waals surface area contributed by atoms with Crippen molar-refractivity contribution in [1.29, 1.82) is 0 Å². The lowest BCUT2D eigenvalue weighted by Crippen LogP contribution is -2.40. The molecule has 0 radical (unpaired) electrons. The van der Waals surface area contributed by atoms with Crippen molar-refractivity contribution in [2.24, 2.45) is 0 Å². The van der Waals surface area contributed by atoms with Crippen LogP contribution in [-0.2, 0) is 14.8 Å². The second-order valence-corrected chi connectivity index (χ2v) is 6.75. The first-order chi connectivity index (χ1) is 9.61. The summed E-state index contributed by atoms with van der Waals surface area (Å²) in [5.41, 5.74) is 5.52. The van der Waals surface area contributed by atoms with Crippen LogP contribution in [0.4, 0.5) is 10.1 Å². The monoisotopic (exact) mass is 317 g/mol. The quantitative estimate of drug-likeness (QED) is 0.815. The average molecular weight is 317 g/mol. The zero-order valence-electron chi connectivity index (χ0n) is 12.6. The summed E-state index contributed by atoms with van der Waals surface area (Å²) >= 11 is 0. The Morgan fingerprint density at radius 1 is 1.33 bits per heavy atom. The maximum Gasteiger partial charge on any atom is 0.243 e. The van der Waals surface area contributed by atoms with Crippen LogP contribution in [0.5, 0.6) is 0 Å². The standard InChI is InChI=1S/C13H20FN3O3S/c1-5-17(8-13(18)16(3)4)21(19,20)12-7-10(15)6-11(14)9(12)2/h6-7H,5,8,15H2,1-4H3. The molecule has 0 fully saturated rings. The van der Waals surface area contributed by atoms with Gasteiger partial charge in [0.25, 0.3) is 0 Å². The molecular formula is C13H20FN3O3S. The summed E-state index contributed by atoms with van der Waals surface area (Å²) in [5.74, 6) is -1.05. The average Bonchev–Trinajstić information content (AvgIpc) is 2.39. The van der Waals surface area contributed by atoms with E-state index in [1.54, 1.807) is 6.92 Å². The minimum Gasteiger partial charge on any atom is -0.399 e. The lowest BCUT2D eigenvalue weighted by atomic mass is 10.2. The Bertz CT molecular complexity index is 644. The van der Waals surface area contributed by atoms with Crippen molar-refractivity contribution in [2.75, 3.05) is 32.9 Å². The number of anilines is 1. The lowest BCUT2D eigenvalue weighted by Gasteiger charge is -2.23. The summed E-state index contributed by atoms with van der Waals surface area (Å²) in [7, 11) is -0.918. The number of rotatable bonds is 5. The summed E-state index contributed by atoms with van der Waals surface area (Å²) in [6.07, 6.45) is 0. The van der Waals surface area contributed by atoms with Gasteiger partial charge in [0.1, 0.15) is 5.82 Å². The Morgan fingerprint density at radius 3 is 2.38 bits per heavy atom. The van der Waals surface area contributed by atoms with E-state index in [2.05, 4.69) is 0 Å². The molecule has 0 unspecified atom stereocenters. The minimum absolute atomic E-state index is 0.0139. The fourth-order valence-corrected chi connectivity index (χ4v) is 3.41. The minimum atomic E-state index is -3.99. The number of nitrogens with zero attached hydrogens (tertiary/aromatic N) is 2. The molecule has 0 heterocycles. The Hall–Kier alpha value is -1.67. The van der Waals surface area contributed by atoms with Crippen LogP contribution in [0.3, 0.4) is 0 Å². The van der Waals surface area contributed by atoms with E-state index < -0.39 is 15.8 Å². The molecule has 0 aliphatic rings. The molecule has 2 N–H and O–H groups in total. The van der Waals surface area contributed by atoms with Crippen molar-refractivity contribution in [1.82, 2.24) is 9.21 Å². The van der Waals surface area contributed by atoms with Gasteiger partial charge < -0.3 is 10.6 Å². The van der Waals surface area contributed by atoms with E-state index in [-0.39, 0.29) is 35.1 Å². The third-order valence-electron chi connectivity index (χ3n) is 3.10. The lowest BCUT2D eigenvalue weighted by molar-refractivity contribution is -0.128. The zero-order valence-corrected chi connectivity index (χ0v) is 13.4. The number of halogens is 1. The van der Waals surface area contributed by atoms with Crippen LogP contribution < -0.4 is 5.73 Å². The predicted molar refractivity (Wildman–Crippen MR) is 78.7 cm³/mol. The molecule has 21 heavy (non-hydrogen) atoms.